The van der Waals surface area contributed by atoms with Crippen LogP contribution in [0.2, 0.25) is 0 Å². The van der Waals surface area contributed by atoms with Gasteiger partial charge in [-0.15, -0.1) is 0 Å². The molecule has 160 valence electrons. The zero-order valence-electron chi connectivity index (χ0n) is 17.2. The molecule has 0 bridgehead atoms. The van der Waals surface area contributed by atoms with Gasteiger partial charge in [-0.3, -0.25) is 4.79 Å². The molecule has 0 aromatic heterocycles. The van der Waals surface area contributed by atoms with Crippen molar-refractivity contribution in [3.05, 3.63) is 84.9 Å². The molecule has 0 fully saturated rings. The number of aldehydes is 1. The molecule has 3 rings (SSSR count). The Kier molecular flexibility index (Phi) is 9.39. The second-order valence-electron chi connectivity index (χ2n) is 6.55. The normalized spacial score (nSPS) is 10.7. The predicted molar refractivity (Wildman–Crippen MR) is 123 cm³/mol. The highest BCUT2D eigenvalue weighted by atomic mass is 31.1. The maximum atomic E-state index is 12.4. The largest absolute Gasteiger partial charge is 0.426 e. The second-order valence-corrected chi connectivity index (χ2v) is 8.74. The zero-order chi connectivity index (χ0) is 21.7. The number of para-hydroxylation sites is 1. The molecule has 0 aliphatic rings. The Morgan fingerprint density at radius 2 is 1.32 bits per heavy atom. The van der Waals surface area contributed by atoms with Crippen molar-refractivity contribution in [2.75, 3.05) is 26.4 Å². The molecule has 31 heavy (non-hydrogen) atoms. The van der Waals surface area contributed by atoms with Crippen molar-refractivity contribution < 1.29 is 23.8 Å². The van der Waals surface area contributed by atoms with Crippen LogP contribution in [0.5, 0.6) is 5.75 Å². The van der Waals surface area contributed by atoms with Crippen LogP contribution in [0, 0.1) is 0 Å². The fraction of sp³-hybridized carbons (Fsp3) is 0.200. The highest BCUT2D eigenvalue weighted by molar-refractivity contribution is 7.80. The Morgan fingerprint density at radius 3 is 1.97 bits per heavy atom. The molecule has 0 spiro atoms. The van der Waals surface area contributed by atoms with E-state index in [0.717, 1.165) is 5.30 Å². The van der Waals surface area contributed by atoms with Gasteiger partial charge in [0.1, 0.15) is 18.6 Å². The van der Waals surface area contributed by atoms with E-state index in [9.17, 15) is 9.59 Å². The maximum Gasteiger partial charge on any atom is 0.313 e. The van der Waals surface area contributed by atoms with Gasteiger partial charge < -0.3 is 19.0 Å². The van der Waals surface area contributed by atoms with Crippen molar-refractivity contribution in [3.8, 4) is 5.75 Å². The SMILES string of the molecule is O=CCOCCOCCC(=O)Oc1ccccc1P(c1ccccc1)c1ccccc1. The van der Waals surface area contributed by atoms with E-state index in [1.807, 2.05) is 60.7 Å². The molecule has 6 heteroatoms. The molecular formula is C25H25O5P. The summed E-state index contributed by atoms with van der Waals surface area (Å²) in [5.41, 5.74) is 0. The molecule has 0 aliphatic carbocycles. The lowest BCUT2D eigenvalue weighted by Crippen LogP contribution is -2.23. The smallest absolute Gasteiger partial charge is 0.313 e. The minimum absolute atomic E-state index is 0.0496. The van der Waals surface area contributed by atoms with Crippen molar-refractivity contribution in [2.24, 2.45) is 0 Å². The molecule has 3 aromatic rings. The quantitative estimate of drug-likeness (QED) is 0.144. The first-order valence-corrected chi connectivity index (χ1v) is 11.4. The average molecular weight is 436 g/mol. The lowest BCUT2D eigenvalue weighted by Gasteiger charge is -2.21. The van der Waals surface area contributed by atoms with Crippen LogP contribution in [-0.2, 0) is 19.1 Å². The molecule has 3 aromatic carbocycles. The van der Waals surface area contributed by atoms with Gasteiger partial charge in [-0.25, -0.2) is 0 Å². The number of ether oxygens (including phenoxy) is 3. The van der Waals surface area contributed by atoms with Crippen molar-refractivity contribution in [1.82, 2.24) is 0 Å². The van der Waals surface area contributed by atoms with Gasteiger partial charge in [-0.2, -0.15) is 0 Å². The maximum absolute atomic E-state index is 12.4. The molecule has 0 N–H and O–H groups in total. The lowest BCUT2D eigenvalue weighted by molar-refractivity contribution is -0.135. The van der Waals surface area contributed by atoms with Crippen molar-refractivity contribution in [3.63, 3.8) is 0 Å². The molecular weight excluding hydrogens is 411 g/mol. The predicted octanol–water partition coefficient (Wildman–Crippen LogP) is 2.97. The van der Waals surface area contributed by atoms with E-state index in [1.54, 1.807) is 0 Å². The van der Waals surface area contributed by atoms with Crippen LogP contribution in [0.1, 0.15) is 6.42 Å². The molecule has 5 nitrogen and oxygen atoms in total. The van der Waals surface area contributed by atoms with Crippen molar-refractivity contribution in [1.29, 1.82) is 0 Å². The van der Waals surface area contributed by atoms with Crippen LogP contribution < -0.4 is 20.7 Å². The van der Waals surface area contributed by atoms with Gasteiger partial charge in [0.2, 0.25) is 0 Å². The van der Waals surface area contributed by atoms with Gasteiger partial charge in [-0.05, 0) is 24.6 Å². The number of benzene rings is 3. The topological polar surface area (TPSA) is 61.8 Å². The molecule has 0 atom stereocenters. The van der Waals surface area contributed by atoms with Gasteiger partial charge in [0.15, 0.2) is 0 Å². The van der Waals surface area contributed by atoms with E-state index in [1.165, 1.54) is 10.6 Å². The lowest BCUT2D eigenvalue weighted by atomic mass is 10.3. The monoisotopic (exact) mass is 436 g/mol. The summed E-state index contributed by atoms with van der Waals surface area (Å²) in [5, 5.41) is 3.36. The van der Waals surface area contributed by atoms with Gasteiger partial charge in [0.25, 0.3) is 0 Å². The summed E-state index contributed by atoms with van der Waals surface area (Å²) in [5.74, 6) is 0.220. The molecule has 0 saturated carbocycles. The van der Waals surface area contributed by atoms with Crippen LogP contribution in [0.3, 0.4) is 0 Å². The van der Waals surface area contributed by atoms with Crippen LogP contribution in [-0.4, -0.2) is 38.7 Å². The molecule has 0 amide bonds. The first-order valence-electron chi connectivity index (χ1n) is 10.1. The van der Waals surface area contributed by atoms with E-state index in [-0.39, 0.29) is 25.6 Å². The summed E-state index contributed by atoms with van der Waals surface area (Å²) >= 11 is 0. The minimum Gasteiger partial charge on any atom is -0.426 e. The first kappa shape index (κ1) is 22.8. The van der Waals surface area contributed by atoms with Crippen LogP contribution in [0.15, 0.2) is 84.9 Å². The molecule has 0 unspecified atom stereocenters. The summed E-state index contributed by atoms with van der Waals surface area (Å²) in [4.78, 5) is 22.6. The number of carbonyl (C=O) groups is 2. The number of hydrogen-bond acceptors (Lipinski definition) is 5. The van der Waals surface area contributed by atoms with E-state index >= 15 is 0 Å². The van der Waals surface area contributed by atoms with E-state index < -0.39 is 7.92 Å². The van der Waals surface area contributed by atoms with Gasteiger partial charge in [0.05, 0.1) is 26.2 Å². The Bertz CT molecular complexity index is 907. The molecule has 0 aliphatic heterocycles. The van der Waals surface area contributed by atoms with Crippen LogP contribution >= 0.6 is 7.92 Å². The highest BCUT2D eigenvalue weighted by Gasteiger charge is 2.21. The van der Waals surface area contributed by atoms with Crippen molar-refractivity contribution >= 4 is 36.1 Å². The second kappa shape index (κ2) is 12.8. The van der Waals surface area contributed by atoms with E-state index in [2.05, 4.69) is 24.3 Å². The Balaban J connectivity index is 1.71. The van der Waals surface area contributed by atoms with Gasteiger partial charge >= 0.3 is 5.97 Å². The standard InChI is InChI=1S/C25H25O5P/c26-16-18-29-20-19-28-17-15-25(27)30-23-13-7-8-14-24(23)31(21-9-3-1-4-10-21)22-11-5-2-6-12-22/h1-14,16H,15,17-20H2. The zero-order valence-corrected chi connectivity index (χ0v) is 18.1. The number of esters is 1. The average Bonchev–Trinajstić information content (AvgIpc) is 2.81. The van der Waals surface area contributed by atoms with Crippen molar-refractivity contribution in [2.45, 2.75) is 6.42 Å². The van der Waals surface area contributed by atoms with E-state index in [4.69, 9.17) is 14.2 Å². The molecule has 0 heterocycles. The van der Waals surface area contributed by atoms with Gasteiger partial charge in [-0.1, -0.05) is 78.9 Å². The third-order valence-corrected chi connectivity index (χ3v) is 6.85. The minimum atomic E-state index is -0.876. The fourth-order valence-corrected chi connectivity index (χ4v) is 5.36. The van der Waals surface area contributed by atoms with E-state index in [0.29, 0.717) is 25.2 Å². The Labute approximate surface area is 183 Å². The number of carbonyl (C=O) groups excluding carboxylic acids is 2. The van der Waals surface area contributed by atoms with Gasteiger partial charge in [0, 0.05) is 5.30 Å². The summed E-state index contributed by atoms with van der Waals surface area (Å²) in [6, 6.07) is 28.2. The van der Waals surface area contributed by atoms with Crippen LogP contribution in [0.25, 0.3) is 0 Å². The third-order valence-electron chi connectivity index (χ3n) is 4.37. The summed E-state index contributed by atoms with van der Waals surface area (Å²) in [6.45, 7) is 0.922. The summed E-state index contributed by atoms with van der Waals surface area (Å²) in [6.07, 6.45) is 0.825. The molecule has 0 saturated heterocycles. The number of rotatable bonds is 12. The number of hydrogen-bond donors (Lipinski definition) is 0. The Morgan fingerprint density at radius 1 is 0.742 bits per heavy atom. The highest BCUT2D eigenvalue weighted by Crippen LogP contribution is 2.36. The third kappa shape index (κ3) is 7.11. The summed E-state index contributed by atoms with van der Waals surface area (Å²) < 4.78 is 16.1. The molecule has 0 radical (unpaired) electrons. The fourth-order valence-electron chi connectivity index (χ4n) is 2.99. The first-order chi connectivity index (χ1) is 15.3. The summed E-state index contributed by atoms with van der Waals surface area (Å²) in [7, 11) is -0.876. The van der Waals surface area contributed by atoms with Crippen LogP contribution in [0.4, 0.5) is 0 Å². The Hall–Kier alpha value is -2.85.